The van der Waals surface area contributed by atoms with Crippen LogP contribution in [0.25, 0.3) is 11.1 Å². The highest BCUT2D eigenvalue weighted by atomic mass is 19.3. The highest BCUT2D eigenvalue weighted by Gasteiger charge is 2.38. The van der Waals surface area contributed by atoms with Crippen LogP contribution in [0.2, 0.25) is 0 Å². The molecular weight excluding hydrogens is 346 g/mol. The lowest BCUT2D eigenvalue weighted by Crippen LogP contribution is -2.36. The molecule has 3 rings (SSSR count). The number of aromatic nitrogens is 1. The van der Waals surface area contributed by atoms with Crippen LogP contribution in [0.4, 0.5) is 14.5 Å². The van der Waals surface area contributed by atoms with Crippen LogP contribution in [0.1, 0.15) is 6.92 Å². The van der Waals surface area contributed by atoms with Crippen molar-refractivity contribution in [3.05, 3.63) is 42.7 Å². The van der Waals surface area contributed by atoms with Crippen molar-refractivity contribution in [1.29, 1.82) is 0 Å². The molecule has 0 radical (unpaired) electrons. The molecule has 2 N–H and O–H groups in total. The van der Waals surface area contributed by atoms with Crippen LogP contribution in [0.3, 0.4) is 0 Å². The van der Waals surface area contributed by atoms with Gasteiger partial charge in [0.2, 0.25) is 5.91 Å². The molecule has 0 spiro atoms. The molecule has 1 aromatic heterocycles. The Kier molecular flexibility index (Phi) is 4.61. The number of primary amides is 1. The summed E-state index contributed by atoms with van der Waals surface area (Å²) in [6, 6.07) is 7.42. The molecule has 1 aliphatic heterocycles. The van der Waals surface area contributed by atoms with Crippen molar-refractivity contribution in [2.45, 2.75) is 13.5 Å². The second-order valence-electron chi connectivity index (χ2n) is 5.52. The Morgan fingerprint density at radius 3 is 2.54 bits per heavy atom. The van der Waals surface area contributed by atoms with Crippen molar-refractivity contribution in [3.63, 3.8) is 0 Å². The van der Waals surface area contributed by atoms with E-state index in [4.69, 9.17) is 5.73 Å². The highest BCUT2D eigenvalue weighted by molar-refractivity contribution is 6.26. The normalized spacial score (nSPS) is 16.8. The largest absolute Gasteiger partial charge is 0.434 e. The number of nitrogens with two attached hydrogens (primary N) is 1. The van der Waals surface area contributed by atoms with E-state index in [0.29, 0.717) is 16.8 Å². The van der Waals surface area contributed by atoms with Crippen molar-refractivity contribution in [1.82, 2.24) is 4.98 Å². The number of hydrazone groups is 1. The molecule has 9 heteroatoms. The maximum Gasteiger partial charge on any atom is 0.387 e. The zero-order chi connectivity index (χ0) is 18.8. The van der Waals surface area contributed by atoms with E-state index in [1.807, 2.05) is 0 Å². The van der Waals surface area contributed by atoms with Crippen LogP contribution in [0, 0.1) is 5.92 Å². The zero-order valence-corrected chi connectivity index (χ0v) is 13.6. The number of alkyl halides is 2. The Morgan fingerprint density at radius 2 is 1.96 bits per heavy atom. The van der Waals surface area contributed by atoms with Crippen molar-refractivity contribution >= 4 is 23.2 Å². The predicted octanol–water partition coefficient (Wildman–Crippen LogP) is 2.17. The molecule has 0 fully saturated rings. The van der Waals surface area contributed by atoms with Crippen LogP contribution in [-0.2, 0) is 9.59 Å². The van der Waals surface area contributed by atoms with Gasteiger partial charge < -0.3 is 10.5 Å². The Morgan fingerprint density at radius 1 is 1.27 bits per heavy atom. The van der Waals surface area contributed by atoms with Crippen molar-refractivity contribution < 1.29 is 23.1 Å². The molecular formula is C17H14F2N4O3. The summed E-state index contributed by atoms with van der Waals surface area (Å²) < 4.78 is 30.0. The van der Waals surface area contributed by atoms with Gasteiger partial charge in [0.15, 0.2) is 5.92 Å². The first-order chi connectivity index (χ1) is 12.4. The number of ether oxygens (including phenoxy) is 1. The number of pyridine rings is 1. The van der Waals surface area contributed by atoms with E-state index >= 15 is 0 Å². The first-order valence-corrected chi connectivity index (χ1v) is 7.56. The minimum absolute atomic E-state index is 0.0613. The van der Waals surface area contributed by atoms with E-state index in [-0.39, 0.29) is 11.5 Å². The summed E-state index contributed by atoms with van der Waals surface area (Å²) in [6.45, 7) is -1.49. The van der Waals surface area contributed by atoms with Gasteiger partial charge in [-0.1, -0.05) is 0 Å². The van der Waals surface area contributed by atoms with Crippen LogP contribution >= 0.6 is 0 Å². The summed E-state index contributed by atoms with van der Waals surface area (Å²) in [5.74, 6) is -2.60. The molecule has 1 unspecified atom stereocenters. The van der Waals surface area contributed by atoms with E-state index < -0.39 is 24.3 Å². The molecule has 2 amide bonds. The predicted molar refractivity (Wildman–Crippen MR) is 89.6 cm³/mol. The molecule has 0 saturated heterocycles. The molecule has 2 heterocycles. The monoisotopic (exact) mass is 360 g/mol. The molecule has 1 aliphatic rings. The lowest BCUT2D eigenvalue weighted by atomic mass is 10.0. The third kappa shape index (κ3) is 3.23. The zero-order valence-electron chi connectivity index (χ0n) is 13.6. The van der Waals surface area contributed by atoms with E-state index in [1.54, 1.807) is 12.1 Å². The van der Waals surface area contributed by atoms with Gasteiger partial charge in [0.25, 0.3) is 5.91 Å². The van der Waals surface area contributed by atoms with Crippen LogP contribution in [0.15, 0.2) is 47.8 Å². The minimum Gasteiger partial charge on any atom is -0.434 e. The van der Waals surface area contributed by atoms with Gasteiger partial charge in [-0.2, -0.15) is 18.9 Å². The summed E-state index contributed by atoms with van der Waals surface area (Å²) in [6.07, 6.45) is 3.00. The quantitative estimate of drug-likeness (QED) is 0.826. The number of amides is 2. The summed E-state index contributed by atoms with van der Waals surface area (Å²) in [4.78, 5) is 27.8. The van der Waals surface area contributed by atoms with Crippen molar-refractivity contribution in [2.24, 2.45) is 16.8 Å². The Bertz CT molecular complexity index is 887. The van der Waals surface area contributed by atoms with Gasteiger partial charge in [-0.3, -0.25) is 14.6 Å². The smallest absolute Gasteiger partial charge is 0.387 e. The lowest BCUT2D eigenvalue weighted by Gasteiger charge is -2.17. The fourth-order valence-electron chi connectivity index (χ4n) is 2.68. The van der Waals surface area contributed by atoms with Gasteiger partial charge in [0, 0.05) is 18.0 Å². The van der Waals surface area contributed by atoms with E-state index in [2.05, 4.69) is 14.8 Å². The second-order valence-corrected chi connectivity index (χ2v) is 5.52. The summed E-state index contributed by atoms with van der Waals surface area (Å²) in [7, 11) is 0. The molecule has 0 saturated carbocycles. The number of benzene rings is 1. The van der Waals surface area contributed by atoms with Crippen LogP contribution < -0.4 is 15.5 Å². The number of carbonyl (C=O) groups excluding carboxylic acids is 2. The van der Waals surface area contributed by atoms with Gasteiger partial charge in [-0.05, 0) is 42.8 Å². The average Bonchev–Trinajstić information content (AvgIpc) is 2.90. The van der Waals surface area contributed by atoms with Gasteiger partial charge in [-0.25, -0.2) is 0 Å². The van der Waals surface area contributed by atoms with Crippen LogP contribution in [-0.4, -0.2) is 29.1 Å². The van der Waals surface area contributed by atoms with Crippen molar-refractivity contribution in [3.8, 4) is 16.9 Å². The molecule has 2 aromatic rings. The SMILES string of the molecule is CC1=NN(c2ccc(OC(F)F)c(-c3ccncc3)c2)C(=O)C1C(N)=O. The Labute approximate surface area is 147 Å². The molecule has 0 bridgehead atoms. The second kappa shape index (κ2) is 6.87. The first kappa shape index (κ1) is 17.5. The topological polar surface area (TPSA) is 97.9 Å². The van der Waals surface area contributed by atoms with E-state index in [1.165, 1.54) is 37.5 Å². The van der Waals surface area contributed by atoms with E-state index in [9.17, 15) is 18.4 Å². The average molecular weight is 360 g/mol. The van der Waals surface area contributed by atoms with Crippen LogP contribution in [0.5, 0.6) is 5.75 Å². The minimum atomic E-state index is -3.01. The molecule has 134 valence electrons. The molecule has 0 aliphatic carbocycles. The third-order valence-electron chi connectivity index (χ3n) is 3.83. The standard InChI is InChI=1S/C17H14F2N4O3/c1-9-14(15(20)24)16(25)23(22-9)11-2-3-13(26-17(18)19)12(8-11)10-4-6-21-7-5-10/h2-8,14,17H,1H3,(H2,20,24). The van der Waals surface area contributed by atoms with Gasteiger partial charge in [0.05, 0.1) is 11.4 Å². The van der Waals surface area contributed by atoms with Gasteiger partial charge >= 0.3 is 6.61 Å². The number of hydrogen-bond acceptors (Lipinski definition) is 5. The Hall–Kier alpha value is -3.36. The van der Waals surface area contributed by atoms with Crippen molar-refractivity contribution in [2.75, 3.05) is 5.01 Å². The molecule has 7 nitrogen and oxygen atoms in total. The maximum atomic E-state index is 12.7. The Balaban J connectivity index is 2.05. The molecule has 1 atom stereocenters. The maximum absolute atomic E-state index is 12.7. The third-order valence-corrected chi connectivity index (χ3v) is 3.83. The number of rotatable bonds is 5. The first-order valence-electron chi connectivity index (χ1n) is 7.56. The van der Waals surface area contributed by atoms with Gasteiger partial charge in [0.1, 0.15) is 5.75 Å². The number of carbonyl (C=O) groups is 2. The number of halogens is 2. The highest BCUT2D eigenvalue weighted by Crippen LogP contribution is 2.36. The number of nitrogens with zero attached hydrogens (tertiary/aromatic N) is 3. The summed E-state index contributed by atoms with van der Waals surface area (Å²) in [5, 5.41) is 5.10. The molecule has 26 heavy (non-hydrogen) atoms. The summed E-state index contributed by atoms with van der Waals surface area (Å²) in [5.41, 5.74) is 6.70. The fourth-order valence-corrected chi connectivity index (χ4v) is 2.68. The lowest BCUT2D eigenvalue weighted by molar-refractivity contribution is -0.128. The van der Waals surface area contributed by atoms with Gasteiger partial charge in [-0.15, -0.1) is 0 Å². The van der Waals surface area contributed by atoms with E-state index in [0.717, 1.165) is 5.01 Å². The summed E-state index contributed by atoms with van der Waals surface area (Å²) >= 11 is 0. The number of anilines is 1. The fraction of sp³-hybridized carbons (Fsp3) is 0.176. The number of hydrogen-bond donors (Lipinski definition) is 1. The molecule has 1 aromatic carbocycles.